The minimum Gasteiger partial charge on any atom is -0.468 e. The average Bonchev–Trinajstić information content (AvgIpc) is 2.96. The summed E-state index contributed by atoms with van der Waals surface area (Å²) in [5.74, 6) is 0.975. The summed E-state index contributed by atoms with van der Waals surface area (Å²) in [7, 11) is 2.11. The van der Waals surface area contributed by atoms with Crippen LogP contribution in [0.2, 0.25) is 4.34 Å². The van der Waals surface area contributed by atoms with E-state index in [2.05, 4.69) is 23.3 Å². The van der Waals surface area contributed by atoms with Gasteiger partial charge >= 0.3 is 0 Å². The summed E-state index contributed by atoms with van der Waals surface area (Å²) in [6.45, 7) is 3.66. The number of likely N-dealkylation sites (N-methyl/N-ethyl adjacent to an activating group) is 1. The van der Waals surface area contributed by atoms with Gasteiger partial charge in [0.2, 0.25) is 0 Å². The van der Waals surface area contributed by atoms with Crippen molar-refractivity contribution in [2.45, 2.75) is 13.1 Å². The fourth-order valence-electron chi connectivity index (χ4n) is 1.68. The lowest BCUT2D eigenvalue weighted by Gasteiger charge is -2.15. The Balaban J connectivity index is 1.61. The van der Waals surface area contributed by atoms with Crippen LogP contribution in [-0.4, -0.2) is 25.0 Å². The second-order valence-electron chi connectivity index (χ2n) is 4.20. The molecule has 0 atom stereocenters. The first kappa shape index (κ1) is 13.6. The smallest absolute Gasteiger partial charge is 0.117 e. The Hall–Kier alpha value is -0.810. The molecule has 0 radical (unpaired) electrons. The molecule has 1 N–H and O–H groups in total. The van der Waals surface area contributed by atoms with Crippen LogP contribution >= 0.6 is 22.9 Å². The van der Waals surface area contributed by atoms with E-state index >= 15 is 0 Å². The molecule has 98 valence electrons. The molecule has 0 fully saturated rings. The fourth-order valence-corrected chi connectivity index (χ4v) is 2.84. The number of thiophene rings is 1. The van der Waals surface area contributed by atoms with Crippen LogP contribution in [0.5, 0.6) is 0 Å². The molecule has 5 heteroatoms. The number of halogens is 1. The predicted molar refractivity (Wildman–Crippen MR) is 76.1 cm³/mol. The van der Waals surface area contributed by atoms with Crippen molar-refractivity contribution in [3.63, 3.8) is 0 Å². The lowest BCUT2D eigenvalue weighted by molar-refractivity contribution is 0.324. The van der Waals surface area contributed by atoms with E-state index in [4.69, 9.17) is 16.0 Å². The lowest BCUT2D eigenvalue weighted by Crippen LogP contribution is -2.28. The summed E-state index contributed by atoms with van der Waals surface area (Å²) in [5.41, 5.74) is 0. The van der Waals surface area contributed by atoms with Gasteiger partial charge in [0.15, 0.2) is 0 Å². The standard InChI is InChI=1S/C13H17ClN2OS/c1-16(10-12-4-5-13(14)18-12)7-6-15-9-11-3-2-8-17-11/h2-5,8,15H,6-7,9-10H2,1H3. The maximum Gasteiger partial charge on any atom is 0.117 e. The maximum atomic E-state index is 5.90. The van der Waals surface area contributed by atoms with E-state index in [1.807, 2.05) is 18.2 Å². The van der Waals surface area contributed by atoms with Crippen LogP contribution < -0.4 is 5.32 Å². The molecule has 2 rings (SSSR count). The quantitative estimate of drug-likeness (QED) is 0.792. The molecule has 2 aromatic rings. The van der Waals surface area contributed by atoms with Crippen molar-refractivity contribution >= 4 is 22.9 Å². The zero-order chi connectivity index (χ0) is 12.8. The molecule has 0 amide bonds. The molecule has 0 aliphatic carbocycles. The van der Waals surface area contributed by atoms with Crippen molar-refractivity contribution in [2.24, 2.45) is 0 Å². The summed E-state index contributed by atoms with van der Waals surface area (Å²) in [5, 5.41) is 3.35. The third-order valence-corrected chi connectivity index (χ3v) is 3.82. The largest absolute Gasteiger partial charge is 0.468 e. The Morgan fingerprint density at radius 2 is 2.28 bits per heavy atom. The Morgan fingerprint density at radius 1 is 1.39 bits per heavy atom. The van der Waals surface area contributed by atoms with Gasteiger partial charge in [0.1, 0.15) is 5.76 Å². The van der Waals surface area contributed by atoms with Gasteiger partial charge in [0.25, 0.3) is 0 Å². The molecule has 0 unspecified atom stereocenters. The second-order valence-corrected chi connectivity index (χ2v) is 6.00. The first-order valence-corrected chi connectivity index (χ1v) is 7.09. The van der Waals surface area contributed by atoms with Gasteiger partial charge in [-0.2, -0.15) is 0 Å². The van der Waals surface area contributed by atoms with Crippen LogP contribution in [0.4, 0.5) is 0 Å². The highest BCUT2D eigenvalue weighted by atomic mass is 35.5. The Labute approximate surface area is 116 Å². The van der Waals surface area contributed by atoms with Gasteiger partial charge in [-0.15, -0.1) is 11.3 Å². The minimum absolute atomic E-state index is 0.783. The van der Waals surface area contributed by atoms with Gasteiger partial charge in [0.05, 0.1) is 17.1 Å². The Morgan fingerprint density at radius 3 is 2.94 bits per heavy atom. The van der Waals surface area contributed by atoms with Crippen molar-refractivity contribution in [3.8, 4) is 0 Å². The summed E-state index contributed by atoms with van der Waals surface area (Å²) in [4.78, 5) is 3.57. The van der Waals surface area contributed by atoms with Crippen LogP contribution in [-0.2, 0) is 13.1 Å². The Bertz CT molecular complexity index is 455. The molecule has 0 saturated heterocycles. The molecule has 3 nitrogen and oxygen atoms in total. The molecule has 18 heavy (non-hydrogen) atoms. The van der Waals surface area contributed by atoms with Crippen LogP contribution in [0.15, 0.2) is 34.9 Å². The number of rotatable bonds is 7. The fraction of sp³-hybridized carbons (Fsp3) is 0.385. The van der Waals surface area contributed by atoms with Crippen LogP contribution in [0.3, 0.4) is 0 Å². The molecule has 0 spiro atoms. The summed E-state index contributed by atoms with van der Waals surface area (Å²) in [6.07, 6.45) is 1.70. The second kappa shape index (κ2) is 6.95. The van der Waals surface area contributed by atoms with E-state index in [9.17, 15) is 0 Å². The van der Waals surface area contributed by atoms with Crippen molar-refractivity contribution in [2.75, 3.05) is 20.1 Å². The van der Waals surface area contributed by atoms with Gasteiger partial charge in [-0.3, -0.25) is 0 Å². The minimum atomic E-state index is 0.783. The number of hydrogen-bond acceptors (Lipinski definition) is 4. The zero-order valence-electron chi connectivity index (χ0n) is 10.4. The van der Waals surface area contributed by atoms with Crippen LogP contribution in [0, 0.1) is 0 Å². The van der Waals surface area contributed by atoms with Gasteiger partial charge in [-0.05, 0) is 31.3 Å². The van der Waals surface area contributed by atoms with Crippen molar-refractivity contribution < 1.29 is 4.42 Å². The van der Waals surface area contributed by atoms with Crippen LogP contribution in [0.1, 0.15) is 10.6 Å². The Kier molecular flexibility index (Phi) is 5.26. The normalized spacial score (nSPS) is 11.3. The topological polar surface area (TPSA) is 28.4 Å². The van der Waals surface area contributed by atoms with E-state index in [-0.39, 0.29) is 0 Å². The van der Waals surface area contributed by atoms with Crippen molar-refractivity contribution in [1.82, 2.24) is 10.2 Å². The molecule has 0 aliphatic heterocycles. The van der Waals surface area contributed by atoms with Gasteiger partial charge in [0, 0.05) is 24.5 Å². The van der Waals surface area contributed by atoms with Gasteiger partial charge in [-0.25, -0.2) is 0 Å². The maximum absolute atomic E-state index is 5.90. The summed E-state index contributed by atoms with van der Waals surface area (Å²) >= 11 is 7.55. The first-order chi connectivity index (χ1) is 8.74. The molecular formula is C13H17ClN2OS. The van der Waals surface area contributed by atoms with Crippen molar-refractivity contribution in [1.29, 1.82) is 0 Å². The van der Waals surface area contributed by atoms with Crippen molar-refractivity contribution in [3.05, 3.63) is 45.5 Å². The predicted octanol–water partition coefficient (Wildman–Crippen LogP) is 3.22. The van der Waals surface area contributed by atoms with Crippen LogP contribution in [0.25, 0.3) is 0 Å². The summed E-state index contributed by atoms with van der Waals surface area (Å²) < 4.78 is 6.11. The van der Waals surface area contributed by atoms with E-state index < -0.39 is 0 Å². The van der Waals surface area contributed by atoms with Gasteiger partial charge < -0.3 is 14.6 Å². The number of furan rings is 1. The average molecular weight is 285 g/mol. The molecule has 0 aromatic carbocycles. The highest BCUT2D eigenvalue weighted by Gasteiger charge is 2.03. The third kappa shape index (κ3) is 4.46. The lowest BCUT2D eigenvalue weighted by atomic mass is 10.4. The zero-order valence-corrected chi connectivity index (χ0v) is 11.9. The third-order valence-electron chi connectivity index (χ3n) is 2.60. The van der Waals surface area contributed by atoms with E-state index in [0.29, 0.717) is 0 Å². The molecule has 2 heterocycles. The number of hydrogen-bond donors (Lipinski definition) is 1. The van der Waals surface area contributed by atoms with E-state index in [1.54, 1.807) is 17.6 Å². The molecule has 0 saturated carbocycles. The number of nitrogens with zero attached hydrogens (tertiary/aromatic N) is 1. The van der Waals surface area contributed by atoms with E-state index in [1.165, 1.54) is 4.88 Å². The molecule has 0 aliphatic rings. The highest BCUT2D eigenvalue weighted by molar-refractivity contribution is 7.16. The molecule has 2 aromatic heterocycles. The highest BCUT2D eigenvalue weighted by Crippen LogP contribution is 2.22. The monoisotopic (exact) mass is 284 g/mol. The van der Waals surface area contributed by atoms with Gasteiger partial charge in [-0.1, -0.05) is 11.6 Å². The summed E-state index contributed by atoms with van der Waals surface area (Å²) in [6, 6.07) is 7.92. The SMILES string of the molecule is CN(CCNCc1ccco1)Cc1ccc(Cl)s1. The van der Waals surface area contributed by atoms with E-state index in [0.717, 1.165) is 36.3 Å². The first-order valence-electron chi connectivity index (χ1n) is 5.90. The molecule has 0 bridgehead atoms. The number of nitrogens with one attached hydrogen (secondary N) is 1. The molecular weight excluding hydrogens is 268 g/mol.